The predicted octanol–water partition coefficient (Wildman–Crippen LogP) is 5.52. The summed E-state index contributed by atoms with van der Waals surface area (Å²) in [6.07, 6.45) is -4.42. The van der Waals surface area contributed by atoms with Gasteiger partial charge in [-0.25, -0.2) is 4.39 Å². The first-order chi connectivity index (χ1) is 14.2. The minimum atomic E-state index is -5.00. The van der Waals surface area contributed by atoms with E-state index in [4.69, 9.17) is 14.2 Å². The van der Waals surface area contributed by atoms with E-state index in [2.05, 4.69) is 6.92 Å². The van der Waals surface area contributed by atoms with Crippen molar-refractivity contribution in [2.75, 3.05) is 6.61 Å². The van der Waals surface area contributed by atoms with Crippen molar-refractivity contribution >= 4 is 0 Å². The lowest BCUT2D eigenvalue weighted by Gasteiger charge is -2.39. The number of unbranched alkanes of at least 4 members (excludes halogenated alkanes) is 1. The molecule has 0 aromatic carbocycles. The first-order valence-electron chi connectivity index (χ1n) is 11.5. The van der Waals surface area contributed by atoms with Crippen molar-refractivity contribution in [2.24, 2.45) is 17.8 Å². The van der Waals surface area contributed by atoms with Crippen LogP contribution in [0.4, 0.5) is 17.6 Å². The Morgan fingerprint density at radius 1 is 1.17 bits per heavy atom. The van der Waals surface area contributed by atoms with E-state index in [0.29, 0.717) is 32.3 Å². The molecule has 30 heavy (non-hydrogen) atoms. The molecule has 0 amide bonds. The van der Waals surface area contributed by atoms with Crippen LogP contribution in [-0.4, -0.2) is 48.3 Å². The topological polar surface area (TPSA) is 47.9 Å². The van der Waals surface area contributed by atoms with Crippen LogP contribution in [0.1, 0.15) is 78.1 Å². The molecular formula is C22H36F4O4. The number of fused-ring (bicyclic) bond motifs is 1. The molecule has 0 spiro atoms. The lowest BCUT2D eigenvalue weighted by Crippen LogP contribution is -2.53. The Balaban J connectivity index is 1.74. The number of hydrogen-bond acceptors (Lipinski definition) is 4. The monoisotopic (exact) mass is 440 g/mol. The van der Waals surface area contributed by atoms with Gasteiger partial charge in [-0.1, -0.05) is 26.7 Å². The van der Waals surface area contributed by atoms with E-state index in [9.17, 15) is 18.3 Å². The lowest BCUT2D eigenvalue weighted by molar-refractivity contribution is -0.298. The van der Waals surface area contributed by atoms with Gasteiger partial charge in [-0.2, -0.15) is 13.2 Å². The van der Waals surface area contributed by atoms with Crippen molar-refractivity contribution in [1.82, 2.24) is 0 Å². The molecule has 8 atom stereocenters. The fourth-order valence-electron chi connectivity index (χ4n) is 5.56. The minimum absolute atomic E-state index is 0.0199. The van der Waals surface area contributed by atoms with Gasteiger partial charge in [-0.15, -0.1) is 0 Å². The second-order valence-corrected chi connectivity index (χ2v) is 9.37. The number of aliphatic hydroxyl groups excluding tert-OH is 1. The summed E-state index contributed by atoms with van der Waals surface area (Å²) >= 11 is 0. The molecule has 3 rings (SSSR count). The van der Waals surface area contributed by atoms with Crippen LogP contribution in [0, 0.1) is 17.8 Å². The summed E-state index contributed by atoms with van der Waals surface area (Å²) in [5.74, 6) is 0.459. The Labute approximate surface area is 176 Å². The predicted molar refractivity (Wildman–Crippen MR) is 103 cm³/mol. The summed E-state index contributed by atoms with van der Waals surface area (Å²) in [5.41, 5.74) is -3.39. The van der Waals surface area contributed by atoms with Crippen LogP contribution in [-0.2, 0) is 14.2 Å². The highest BCUT2D eigenvalue weighted by Gasteiger charge is 2.61. The van der Waals surface area contributed by atoms with Gasteiger partial charge in [-0.05, 0) is 62.7 Å². The average molecular weight is 441 g/mol. The van der Waals surface area contributed by atoms with E-state index in [1.165, 1.54) is 0 Å². The summed E-state index contributed by atoms with van der Waals surface area (Å²) in [6, 6.07) is 0. The van der Waals surface area contributed by atoms with Gasteiger partial charge in [0.05, 0.1) is 6.10 Å². The van der Waals surface area contributed by atoms with Gasteiger partial charge in [0.15, 0.2) is 12.6 Å². The molecule has 0 radical (unpaired) electrons. The van der Waals surface area contributed by atoms with Gasteiger partial charge in [0.2, 0.25) is 5.67 Å². The zero-order valence-corrected chi connectivity index (χ0v) is 18.0. The number of rotatable bonds is 9. The number of alkyl halides is 4. The molecule has 1 saturated carbocycles. The Kier molecular flexibility index (Phi) is 8.07. The van der Waals surface area contributed by atoms with Crippen molar-refractivity contribution in [1.29, 1.82) is 0 Å². The van der Waals surface area contributed by atoms with Crippen molar-refractivity contribution in [3.63, 3.8) is 0 Å². The highest BCUT2D eigenvalue weighted by molar-refractivity contribution is 4.98. The van der Waals surface area contributed by atoms with E-state index in [0.717, 1.165) is 19.3 Å². The van der Waals surface area contributed by atoms with Crippen LogP contribution in [0.5, 0.6) is 0 Å². The number of hydrogen-bond donors (Lipinski definition) is 1. The summed E-state index contributed by atoms with van der Waals surface area (Å²) in [4.78, 5) is 0. The average Bonchev–Trinajstić information content (AvgIpc) is 3.17. The quantitative estimate of drug-likeness (QED) is 0.480. The Bertz CT molecular complexity index is 540. The third-order valence-corrected chi connectivity index (χ3v) is 7.26. The van der Waals surface area contributed by atoms with E-state index < -0.39 is 36.9 Å². The Morgan fingerprint density at radius 2 is 1.93 bits per heavy atom. The Hall–Kier alpha value is -0.440. The zero-order valence-electron chi connectivity index (χ0n) is 18.0. The fraction of sp³-hybridized carbons (Fsp3) is 1.00. The van der Waals surface area contributed by atoms with Crippen LogP contribution in [0.15, 0.2) is 0 Å². The van der Waals surface area contributed by atoms with Crippen molar-refractivity contribution in [3.8, 4) is 0 Å². The van der Waals surface area contributed by atoms with Crippen molar-refractivity contribution < 1.29 is 36.9 Å². The maximum Gasteiger partial charge on any atom is 0.425 e. The van der Waals surface area contributed by atoms with E-state index in [1.807, 2.05) is 0 Å². The molecule has 2 heterocycles. The largest absolute Gasteiger partial charge is 0.425 e. The molecule has 2 unspecified atom stereocenters. The smallest absolute Gasteiger partial charge is 0.368 e. The summed E-state index contributed by atoms with van der Waals surface area (Å²) < 4.78 is 74.2. The molecule has 8 heteroatoms. The Morgan fingerprint density at radius 3 is 2.57 bits per heavy atom. The maximum absolute atomic E-state index is 15.6. The number of aliphatic hydroxyl groups is 1. The van der Waals surface area contributed by atoms with E-state index >= 15 is 4.39 Å². The molecule has 4 nitrogen and oxygen atoms in total. The first-order valence-corrected chi connectivity index (χ1v) is 11.5. The standard InChI is InChI=1S/C22H36F4O4/c1-3-4-10-21(23,22(24,25)26)18(30-20-7-5-6-11-28-20)9-8-15-14(2)12-17-16(15)13-19(27)29-17/h14-20,27H,3-13H2,1-2H3/t14-,15-,16-,17+,18-,19?,20?,21-/m1/s1. The van der Waals surface area contributed by atoms with Crippen LogP contribution in [0.3, 0.4) is 0 Å². The van der Waals surface area contributed by atoms with E-state index in [1.54, 1.807) is 6.92 Å². The van der Waals surface area contributed by atoms with Crippen LogP contribution < -0.4 is 0 Å². The third kappa shape index (κ3) is 5.30. The van der Waals surface area contributed by atoms with Crippen molar-refractivity contribution in [2.45, 2.75) is 115 Å². The fourth-order valence-corrected chi connectivity index (χ4v) is 5.56. The number of ether oxygens (including phenoxy) is 3. The first kappa shape index (κ1) is 24.2. The molecule has 1 N–H and O–H groups in total. The van der Waals surface area contributed by atoms with Gasteiger partial charge in [0, 0.05) is 13.0 Å². The molecule has 176 valence electrons. The zero-order chi connectivity index (χ0) is 21.9. The highest BCUT2D eigenvalue weighted by Crippen LogP contribution is 2.50. The summed E-state index contributed by atoms with van der Waals surface area (Å²) in [7, 11) is 0. The third-order valence-electron chi connectivity index (χ3n) is 7.26. The van der Waals surface area contributed by atoms with Gasteiger partial charge in [-0.3, -0.25) is 0 Å². The van der Waals surface area contributed by atoms with Gasteiger partial charge >= 0.3 is 6.18 Å². The summed E-state index contributed by atoms with van der Waals surface area (Å²) in [5, 5.41) is 9.79. The highest BCUT2D eigenvalue weighted by atomic mass is 19.4. The van der Waals surface area contributed by atoms with Crippen molar-refractivity contribution in [3.05, 3.63) is 0 Å². The molecule has 3 aliphatic rings. The molecular weight excluding hydrogens is 404 g/mol. The second-order valence-electron chi connectivity index (χ2n) is 9.37. The minimum Gasteiger partial charge on any atom is -0.368 e. The van der Waals surface area contributed by atoms with E-state index in [-0.39, 0.29) is 36.7 Å². The van der Waals surface area contributed by atoms with Crippen LogP contribution in [0.2, 0.25) is 0 Å². The maximum atomic E-state index is 15.6. The van der Waals surface area contributed by atoms with Crippen LogP contribution >= 0.6 is 0 Å². The molecule has 1 aliphatic carbocycles. The molecule has 0 aromatic heterocycles. The molecule has 0 aromatic rings. The molecule has 2 saturated heterocycles. The normalized spacial score (nSPS) is 37.7. The lowest BCUT2D eigenvalue weighted by atomic mass is 9.81. The van der Waals surface area contributed by atoms with Crippen LogP contribution in [0.25, 0.3) is 0 Å². The van der Waals surface area contributed by atoms with Gasteiger partial charge < -0.3 is 19.3 Å². The molecule has 2 aliphatic heterocycles. The second kappa shape index (κ2) is 10.0. The molecule has 0 bridgehead atoms. The SMILES string of the molecule is CCCC[C@@](F)([C@@H](CC[C@H]1[C@H]2CC(O)O[C@H]2C[C@H]1C)OC1CCCCO1)C(F)(F)F. The molecule has 3 fully saturated rings. The van der Waals surface area contributed by atoms with Gasteiger partial charge in [0.25, 0.3) is 0 Å². The summed E-state index contributed by atoms with van der Waals surface area (Å²) in [6.45, 7) is 4.24. The van der Waals surface area contributed by atoms with Gasteiger partial charge in [0.1, 0.15) is 6.10 Å². The number of halogens is 4.